The Morgan fingerprint density at radius 3 is 2.56 bits per heavy atom. The van der Waals surface area contributed by atoms with Crippen LogP contribution in [0.4, 0.5) is 0 Å². The lowest BCUT2D eigenvalue weighted by atomic mass is 9.95. The van der Waals surface area contributed by atoms with E-state index in [0.717, 1.165) is 25.7 Å². The molecule has 1 amide bonds. The summed E-state index contributed by atoms with van der Waals surface area (Å²) in [5, 5.41) is 12.1. The smallest absolute Gasteiger partial charge is 0.226 e. The van der Waals surface area contributed by atoms with Crippen molar-refractivity contribution in [1.29, 1.82) is 0 Å². The minimum Gasteiger partial charge on any atom is -0.394 e. The molecular weight excluding hydrogens is 226 g/mol. The number of amides is 1. The highest BCUT2D eigenvalue weighted by Gasteiger charge is 2.49. The molecule has 1 aliphatic carbocycles. The highest BCUT2D eigenvalue weighted by atomic mass is 16.3. The van der Waals surface area contributed by atoms with E-state index in [0.29, 0.717) is 0 Å². The quantitative estimate of drug-likeness (QED) is 0.806. The number of benzene rings is 1. The average molecular weight is 247 g/mol. The topological polar surface area (TPSA) is 49.3 Å². The Morgan fingerprint density at radius 1 is 1.39 bits per heavy atom. The molecule has 3 nitrogen and oxygen atoms in total. The Bertz CT molecular complexity index is 394. The maximum atomic E-state index is 12.2. The number of hydrogen-bond acceptors (Lipinski definition) is 2. The number of hydrogen-bond donors (Lipinski definition) is 2. The summed E-state index contributed by atoms with van der Waals surface area (Å²) in [6, 6.07) is 10.0. The lowest BCUT2D eigenvalue weighted by Gasteiger charge is -2.20. The number of carbonyl (C=O) groups excluding carboxylic acids is 1. The predicted octanol–water partition coefficient (Wildman–Crippen LogP) is 1.90. The van der Waals surface area contributed by atoms with Crippen LogP contribution in [0.25, 0.3) is 0 Å². The first-order chi connectivity index (χ1) is 8.70. The molecule has 0 spiro atoms. The second kappa shape index (κ2) is 5.53. The Hall–Kier alpha value is -1.35. The Labute approximate surface area is 108 Å². The fourth-order valence-electron chi connectivity index (χ4n) is 2.24. The molecule has 0 radical (unpaired) electrons. The van der Waals surface area contributed by atoms with Crippen molar-refractivity contribution in [2.45, 2.75) is 38.6 Å². The van der Waals surface area contributed by atoms with Crippen molar-refractivity contribution in [3.8, 4) is 0 Å². The van der Waals surface area contributed by atoms with Crippen LogP contribution in [-0.2, 0) is 11.2 Å². The maximum Gasteiger partial charge on any atom is 0.226 e. The molecule has 18 heavy (non-hydrogen) atoms. The summed E-state index contributed by atoms with van der Waals surface area (Å²) in [6.45, 7) is 1.99. The van der Waals surface area contributed by atoms with Crippen LogP contribution in [0.5, 0.6) is 0 Å². The Kier molecular flexibility index (Phi) is 4.02. The van der Waals surface area contributed by atoms with E-state index in [1.807, 2.05) is 25.1 Å². The summed E-state index contributed by atoms with van der Waals surface area (Å²) in [5.74, 6) is 0.104. The van der Waals surface area contributed by atoms with E-state index < -0.39 is 0 Å². The van der Waals surface area contributed by atoms with Crippen molar-refractivity contribution in [3.63, 3.8) is 0 Å². The molecule has 2 N–H and O–H groups in total. The number of aliphatic hydroxyl groups excluding tert-OH is 1. The van der Waals surface area contributed by atoms with Gasteiger partial charge in [-0.25, -0.2) is 0 Å². The summed E-state index contributed by atoms with van der Waals surface area (Å²) in [7, 11) is 0. The minimum atomic E-state index is -0.218. The molecule has 1 fully saturated rings. The van der Waals surface area contributed by atoms with Gasteiger partial charge in [0.05, 0.1) is 18.1 Å². The van der Waals surface area contributed by atoms with Crippen LogP contribution in [0.2, 0.25) is 0 Å². The van der Waals surface area contributed by atoms with Crippen molar-refractivity contribution < 1.29 is 9.90 Å². The van der Waals surface area contributed by atoms with E-state index >= 15 is 0 Å². The molecule has 1 aromatic rings. The molecule has 0 heterocycles. The minimum absolute atomic E-state index is 0.0175. The SMILES string of the molecule is CCC(CO)NC(=O)C1(Cc2ccccc2)CC1. The molecule has 1 unspecified atom stereocenters. The van der Waals surface area contributed by atoms with Crippen LogP contribution in [0, 0.1) is 5.41 Å². The normalized spacial score (nSPS) is 18.1. The highest BCUT2D eigenvalue weighted by molar-refractivity contribution is 5.85. The zero-order chi connectivity index (χ0) is 13.0. The molecule has 1 atom stereocenters. The van der Waals surface area contributed by atoms with E-state index in [1.165, 1.54) is 5.56 Å². The van der Waals surface area contributed by atoms with Crippen LogP contribution in [0.1, 0.15) is 31.7 Å². The van der Waals surface area contributed by atoms with Crippen molar-refractivity contribution in [2.24, 2.45) is 5.41 Å². The first kappa shape index (κ1) is 13.1. The average Bonchev–Trinajstić information content (AvgIpc) is 3.18. The number of aliphatic hydroxyl groups is 1. The van der Waals surface area contributed by atoms with Crippen LogP contribution >= 0.6 is 0 Å². The van der Waals surface area contributed by atoms with Crippen molar-refractivity contribution in [1.82, 2.24) is 5.32 Å². The van der Waals surface area contributed by atoms with Gasteiger partial charge in [-0.05, 0) is 31.2 Å². The van der Waals surface area contributed by atoms with Gasteiger partial charge in [-0.2, -0.15) is 0 Å². The third kappa shape index (κ3) is 2.91. The van der Waals surface area contributed by atoms with Gasteiger partial charge < -0.3 is 10.4 Å². The summed E-state index contributed by atoms with van der Waals surface area (Å²) in [4.78, 5) is 12.2. The van der Waals surface area contributed by atoms with Crippen LogP contribution in [0.3, 0.4) is 0 Å². The number of carbonyl (C=O) groups is 1. The van der Waals surface area contributed by atoms with Crippen molar-refractivity contribution in [2.75, 3.05) is 6.61 Å². The monoisotopic (exact) mass is 247 g/mol. The Balaban J connectivity index is 1.97. The van der Waals surface area contributed by atoms with E-state index in [9.17, 15) is 4.79 Å². The third-order valence-electron chi connectivity index (χ3n) is 3.77. The van der Waals surface area contributed by atoms with Gasteiger partial charge >= 0.3 is 0 Å². The fraction of sp³-hybridized carbons (Fsp3) is 0.533. The molecule has 0 bridgehead atoms. The first-order valence-electron chi connectivity index (χ1n) is 6.66. The molecule has 98 valence electrons. The lowest BCUT2D eigenvalue weighted by molar-refractivity contribution is -0.127. The second-order valence-corrected chi connectivity index (χ2v) is 5.20. The second-order valence-electron chi connectivity index (χ2n) is 5.20. The molecule has 1 saturated carbocycles. The van der Waals surface area contributed by atoms with E-state index in [2.05, 4.69) is 17.4 Å². The van der Waals surface area contributed by atoms with Gasteiger partial charge in [-0.3, -0.25) is 4.79 Å². The molecule has 1 aromatic carbocycles. The summed E-state index contributed by atoms with van der Waals surface area (Å²) in [5.41, 5.74) is 0.992. The molecule has 2 rings (SSSR count). The summed E-state index contributed by atoms with van der Waals surface area (Å²) < 4.78 is 0. The summed E-state index contributed by atoms with van der Waals surface area (Å²) >= 11 is 0. The zero-order valence-corrected chi connectivity index (χ0v) is 10.9. The molecule has 0 saturated heterocycles. The van der Waals surface area contributed by atoms with Crippen LogP contribution < -0.4 is 5.32 Å². The fourth-order valence-corrected chi connectivity index (χ4v) is 2.24. The van der Waals surface area contributed by atoms with Gasteiger partial charge in [0, 0.05) is 0 Å². The summed E-state index contributed by atoms with van der Waals surface area (Å²) in [6.07, 6.45) is 3.48. The standard InChI is InChI=1S/C15H21NO2/c1-2-13(11-17)16-14(18)15(8-9-15)10-12-6-4-3-5-7-12/h3-7,13,17H,2,8-11H2,1H3,(H,16,18). The number of nitrogens with one attached hydrogen (secondary N) is 1. The van der Waals surface area contributed by atoms with Crippen LogP contribution in [0.15, 0.2) is 30.3 Å². The zero-order valence-electron chi connectivity index (χ0n) is 10.9. The lowest BCUT2D eigenvalue weighted by Crippen LogP contribution is -2.42. The molecular formula is C15H21NO2. The van der Waals surface area contributed by atoms with Gasteiger partial charge in [0.2, 0.25) is 5.91 Å². The van der Waals surface area contributed by atoms with Gasteiger partial charge in [0.1, 0.15) is 0 Å². The van der Waals surface area contributed by atoms with Gasteiger partial charge in [0.15, 0.2) is 0 Å². The number of rotatable bonds is 6. The molecule has 1 aliphatic rings. The largest absolute Gasteiger partial charge is 0.394 e. The molecule has 0 aliphatic heterocycles. The van der Waals surface area contributed by atoms with Gasteiger partial charge in [-0.1, -0.05) is 37.3 Å². The maximum absolute atomic E-state index is 12.2. The van der Waals surface area contributed by atoms with Crippen LogP contribution in [-0.4, -0.2) is 23.7 Å². The van der Waals surface area contributed by atoms with Crippen molar-refractivity contribution >= 4 is 5.91 Å². The third-order valence-corrected chi connectivity index (χ3v) is 3.77. The van der Waals surface area contributed by atoms with E-state index in [1.54, 1.807) is 0 Å². The highest BCUT2D eigenvalue weighted by Crippen LogP contribution is 2.48. The van der Waals surface area contributed by atoms with E-state index in [-0.39, 0.29) is 24.0 Å². The van der Waals surface area contributed by atoms with Gasteiger partial charge in [-0.15, -0.1) is 0 Å². The predicted molar refractivity (Wildman–Crippen MR) is 71.1 cm³/mol. The van der Waals surface area contributed by atoms with E-state index in [4.69, 9.17) is 5.11 Å². The molecule has 0 aromatic heterocycles. The van der Waals surface area contributed by atoms with Crippen molar-refractivity contribution in [3.05, 3.63) is 35.9 Å². The van der Waals surface area contributed by atoms with Gasteiger partial charge in [0.25, 0.3) is 0 Å². The first-order valence-corrected chi connectivity index (χ1v) is 6.66. The molecule has 3 heteroatoms. The Morgan fingerprint density at radius 2 is 2.06 bits per heavy atom.